The smallest absolute Gasteiger partial charge is 0.125 e. The Bertz CT molecular complexity index is 496. The second kappa shape index (κ2) is 4.97. The SMILES string of the molecule is Cc1ccc(F)cc1NCc1ccc(Br)s1. The van der Waals surface area contributed by atoms with Gasteiger partial charge in [-0.3, -0.25) is 0 Å². The van der Waals surface area contributed by atoms with Gasteiger partial charge in [-0.15, -0.1) is 11.3 Å². The maximum Gasteiger partial charge on any atom is 0.125 e. The minimum Gasteiger partial charge on any atom is -0.380 e. The van der Waals surface area contributed by atoms with Crippen LogP contribution in [0.1, 0.15) is 10.4 Å². The normalized spacial score (nSPS) is 10.4. The summed E-state index contributed by atoms with van der Waals surface area (Å²) in [5, 5.41) is 3.23. The lowest BCUT2D eigenvalue weighted by molar-refractivity contribution is 0.628. The highest BCUT2D eigenvalue weighted by atomic mass is 79.9. The molecule has 0 bridgehead atoms. The predicted molar refractivity (Wildman–Crippen MR) is 70.5 cm³/mol. The van der Waals surface area contributed by atoms with E-state index in [0.717, 1.165) is 21.6 Å². The van der Waals surface area contributed by atoms with Crippen molar-refractivity contribution in [3.8, 4) is 0 Å². The van der Waals surface area contributed by atoms with Gasteiger partial charge in [-0.2, -0.15) is 0 Å². The first-order valence-corrected chi connectivity index (χ1v) is 6.50. The van der Waals surface area contributed by atoms with Gasteiger partial charge in [0.2, 0.25) is 0 Å². The minimum absolute atomic E-state index is 0.208. The van der Waals surface area contributed by atoms with Gasteiger partial charge >= 0.3 is 0 Å². The fraction of sp³-hybridized carbons (Fsp3) is 0.167. The van der Waals surface area contributed by atoms with Gasteiger partial charge in [0.05, 0.1) is 3.79 Å². The van der Waals surface area contributed by atoms with Crippen LogP contribution in [-0.4, -0.2) is 0 Å². The van der Waals surface area contributed by atoms with Crippen LogP contribution in [-0.2, 0) is 6.54 Å². The van der Waals surface area contributed by atoms with Gasteiger partial charge in [-0.1, -0.05) is 6.07 Å². The summed E-state index contributed by atoms with van der Waals surface area (Å²) in [6.07, 6.45) is 0. The third-order valence-corrected chi connectivity index (χ3v) is 3.91. The van der Waals surface area contributed by atoms with Gasteiger partial charge in [0.1, 0.15) is 5.82 Å². The van der Waals surface area contributed by atoms with Crippen molar-refractivity contribution in [3.05, 3.63) is 50.4 Å². The molecule has 0 aliphatic heterocycles. The second-order valence-electron chi connectivity index (χ2n) is 3.52. The zero-order chi connectivity index (χ0) is 11.5. The van der Waals surface area contributed by atoms with E-state index in [1.807, 2.05) is 13.0 Å². The molecule has 0 atom stereocenters. The molecule has 0 spiro atoms. The number of hydrogen-bond donors (Lipinski definition) is 1. The molecule has 0 radical (unpaired) electrons. The quantitative estimate of drug-likeness (QED) is 0.875. The van der Waals surface area contributed by atoms with E-state index < -0.39 is 0 Å². The molecule has 0 saturated carbocycles. The van der Waals surface area contributed by atoms with E-state index in [1.165, 1.54) is 17.0 Å². The number of benzene rings is 1. The van der Waals surface area contributed by atoms with E-state index >= 15 is 0 Å². The molecule has 1 heterocycles. The van der Waals surface area contributed by atoms with E-state index in [9.17, 15) is 4.39 Å². The average molecular weight is 300 g/mol. The number of anilines is 1. The predicted octanol–water partition coefficient (Wildman–Crippen LogP) is 4.57. The Balaban J connectivity index is 2.07. The highest BCUT2D eigenvalue weighted by Crippen LogP contribution is 2.23. The molecule has 0 fully saturated rings. The van der Waals surface area contributed by atoms with E-state index in [2.05, 4.69) is 27.3 Å². The topological polar surface area (TPSA) is 12.0 Å². The molecular weight excluding hydrogens is 289 g/mol. The summed E-state index contributed by atoms with van der Waals surface area (Å²) in [6.45, 7) is 2.69. The van der Waals surface area contributed by atoms with Crippen LogP contribution in [0, 0.1) is 12.7 Å². The first kappa shape index (κ1) is 11.6. The number of hydrogen-bond acceptors (Lipinski definition) is 2. The van der Waals surface area contributed by atoms with E-state index in [1.54, 1.807) is 17.4 Å². The number of halogens is 2. The van der Waals surface area contributed by atoms with Crippen LogP contribution in [0.5, 0.6) is 0 Å². The summed E-state index contributed by atoms with van der Waals surface area (Å²) in [5.41, 5.74) is 1.90. The van der Waals surface area contributed by atoms with Crippen molar-refractivity contribution in [2.24, 2.45) is 0 Å². The summed E-state index contributed by atoms with van der Waals surface area (Å²) < 4.78 is 14.1. The molecule has 16 heavy (non-hydrogen) atoms. The summed E-state index contributed by atoms with van der Waals surface area (Å²) in [6, 6.07) is 8.85. The average Bonchev–Trinajstić information content (AvgIpc) is 2.66. The zero-order valence-electron chi connectivity index (χ0n) is 8.76. The molecule has 0 saturated heterocycles. The lowest BCUT2D eigenvalue weighted by Gasteiger charge is -2.08. The van der Waals surface area contributed by atoms with Crippen LogP contribution >= 0.6 is 27.3 Å². The fourth-order valence-corrected chi connectivity index (χ4v) is 2.84. The maximum atomic E-state index is 13.0. The van der Waals surface area contributed by atoms with Gasteiger partial charge in [-0.25, -0.2) is 4.39 Å². The molecule has 0 aliphatic carbocycles. The second-order valence-corrected chi connectivity index (χ2v) is 6.07. The number of thiophene rings is 1. The van der Waals surface area contributed by atoms with Gasteiger partial charge in [0, 0.05) is 17.1 Å². The van der Waals surface area contributed by atoms with Crippen molar-refractivity contribution in [2.75, 3.05) is 5.32 Å². The molecule has 0 amide bonds. The van der Waals surface area contributed by atoms with Gasteiger partial charge in [0.25, 0.3) is 0 Å². The highest BCUT2D eigenvalue weighted by molar-refractivity contribution is 9.11. The molecule has 1 nitrogen and oxygen atoms in total. The standard InChI is InChI=1S/C12H11BrFNS/c1-8-2-3-9(14)6-11(8)15-7-10-4-5-12(13)16-10/h2-6,15H,7H2,1H3. The van der Waals surface area contributed by atoms with Crippen LogP contribution in [0.2, 0.25) is 0 Å². The molecule has 2 rings (SSSR count). The Labute approximate surface area is 106 Å². The molecule has 84 valence electrons. The maximum absolute atomic E-state index is 13.0. The van der Waals surface area contributed by atoms with Crippen LogP contribution in [0.15, 0.2) is 34.1 Å². The fourth-order valence-electron chi connectivity index (χ4n) is 1.41. The number of nitrogens with one attached hydrogen (secondary N) is 1. The van der Waals surface area contributed by atoms with Crippen LogP contribution in [0.3, 0.4) is 0 Å². The van der Waals surface area contributed by atoms with Crippen molar-refractivity contribution < 1.29 is 4.39 Å². The Morgan fingerprint density at radius 3 is 2.81 bits per heavy atom. The van der Waals surface area contributed by atoms with Crippen molar-refractivity contribution >= 4 is 33.0 Å². The zero-order valence-corrected chi connectivity index (χ0v) is 11.2. The summed E-state index contributed by atoms with van der Waals surface area (Å²) >= 11 is 5.09. The molecular formula is C12H11BrFNS. The van der Waals surface area contributed by atoms with Crippen molar-refractivity contribution in [1.29, 1.82) is 0 Å². The molecule has 1 aromatic carbocycles. The van der Waals surface area contributed by atoms with Crippen molar-refractivity contribution in [2.45, 2.75) is 13.5 Å². The van der Waals surface area contributed by atoms with Gasteiger partial charge < -0.3 is 5.32 Å². The number of aryl methyl sites for hydroxylation is 1. The van der Waals surface area contributed by atoms with Crippen LogP contribution in [0.4, 0.5) is 10.1 Å². The van der Waals surface area contributed by atoms with Crippen LogP contribution in [0.25, 0.3) is 0 Å². The van der Waals surface area contributed by atoms with E-state index in [4.69, 9.17) is 0 Å². The van der Waals surface area contributed by atoms with E-state index in [-0.39, 0.29) is 5.82 Å². The summed E-state index contributed by atoms with van der Waals surface area (Å²) in [4.78, 5) is 1.22. The van der Waals surface area contributed by atoms with Gasteiger partial charge in [0.15, 0.2) is 0 Å². The molecule has 1 aromatic heterocycles. The van der Waals surface area contributed by atoms with Crippen molar-refractivity contribution in [1.82, 2.24) is 0 Å². The first-order valence-electron chi connectivity index (χ1n) is 4.89. The lowest BCUT2D eigenvalue weighted by atomic mass is 10.2. The Morgan fingerprint density at radius 2 is 2.12 bits per heavy atom. The molecule has 0 unspecified atom stereocenters. The monoisotopic (exact) mass is 299 g/mol. The highest BCUT2D eigenvalue weighted by Gasteiger charge is 2.01. The Kier molecular flexibility index (Phi) is 3.61. The molecule has 4 heteroatoms. The van der Waals surface area contributed by atoms with Crippen molar-refractivity contribution in [3.63, 3.8) is 0 Å². The Hall–Kier alpha value is -0.870. The summed E-state index contributed by atoms with van der Waals surface area (Å²) in [5.74, 6) is -0.208. The van der Waals surface area contributed by atoms with Crippen LogP contribution < -0.4 is 5.32 Å². The van der Waals surface area contributed by atoms with Gasteiger partial charge in [-0.05, 0) is 52.7 Å². The third kappa shape index (κ3) is 2.83. The number of rotatable bonds is 3. The Morgan fingerprint density at radius 1 is 1.31 bits per heavy atom. The summed E-state index contributed by atoms with van der Waals surface area (Å²) in [7, 11) is 0. The van der Waals surface area contributed by atoms with E-state index in [0.29, 0.717) is 0 Å². The molecule has 2 aromatic rings. The largest absolute Gasteiger partial charge is 0.380 e. The minimum atomic E-state index is -0.208. The molecule has 0 aliphatic rings. The molecule has 1 N–H and O–H groups in total. The first-order chi connectivity index (χ1) is 7.65. The lowest BCUT2D eigenvalue weighted by Crippen LogP contribution is -1.99. The third-order valence-electron chi connectivity index (χ3n) is 2.28.